The summed E-state index contributed by atoms with van der Waals surface area (Å²) >= 11 is 2.91. The van der Waals surface area contributed by atoms with Gasteiger partial charge in [0, 0.05) is 17.1 Å². The number of nitrogens with zero attached hydrogens (tertiary/aromatic N) is 3. The van der Waals surface area contributed by atoms with Crippen LogP contribution < -0.4 is 20.3 Å². The quantitative estimate of drug-likeness (QED) is 0.432. The lowest BCUT2D eigenvalue weighted by Crippen LogP contribution is -2.27. The lowest BCUT2D eigenvalue weighted by molar-refractivity contribution is -0.116. The first-order chi connectivity index (χ1) is 15.7. The number of aromatic nitrogens is 3. The zero-order valence-corrected chi connectivity index (χ0v) is 18.0. The predicted molar refractivity (Wildman–Crippen MR) is 124 cm³/mol. The van der Waals surface area contributed by atoms with E-state index < -0.39 is 0 Å². The number of rotatable bonds is 4. The van der Waals surface area contributed by atoms with Gasteiger partial charge in [0.1, 0.15) is 16.1 Å². The average Bonchev–Trinajstić information content (AvgIpc) is 3.54. The minimum absolute atomic E-state index is 0.154. The van der Waals surface area contributed by atoms with Crippen LogP contribution in [0, 0.1) is 0 Å². The molecule has 0 radical (unpaired) electrons. The summed E-state index contributed by atoms with van der Waals surface area (Å²) in [5, 5.41) is 5.61. The monoisotopic (exact) mass is 462 g/mol. The summed E-state index contributed by atoms with van der Waals surface area (Å²) in [5.41, 5.74) is 1.76. The fourth-order valence-electron chi connectivity index (χ4n) is 3.55. The number of amides is 1. The van der Waals surface area contributed by atoms with Crippen LogP contribution in [0.25, 0.3) is 31.0 Å². The molecule has 1 aliphatic rings. The van der Waals surface area contributed by atoms with Crippen molar-refractivity contribution in [1.82, 2.24) is 14.5 Å². The van der Waals surface area contributed by atoms with Crippen LogP contribution >= 0.6 is 22.7 Å². The summed E-state index contributed by atoms with van der Waals surface area (Å²) in [5.74, 6) is 0.864. The minimum Gasteiger partial charge on any atom is -0.454 e. The largest absolute Gasteiger partial charge is 0.454 e. The Kier molecular flexibility index (Phi) is 4.40. The lowest BCUT2D eigenvalue weighted by atomic mass is 10.2. The molecule has 0 saturated carbocycles. The molecule has 0 fully saturated rings. The number of ether oxygens (including phenoxy) is 2. The Balaban J connectivity index is 1.29. The van der Waals surface area contributed by atoms with E-state index in [-0.39, 0.29) is 24.8 Å². The lowest BCUT2D eigenvalue weighted by Gasteiger charge is -2.08. The van der Waals surface area contributed by atoms with Crippen molar-refractivity contribution >= 4 is 54.7 Å². The van der Waals surface area contributed by atoms with E-state index in [0.29, 0.717) is 27.4 Å². The van der Waals surface area contributed by atoms with Gasteiger partial charge in [-0.15, -0.1) is 22.7 Å². The van der Waals surface area contributed by atoms with E-state index in [2.05, 4.69) is 10.3 Å². The van der Waals surface area contributed by atoms with E-state index >= 15 is 0 Å². The molecule has 0 unspecified atom stereocenters. The first-order valence-electron chi connectivity index (χ1n) is 9.68. The van der Waals surface area contributed by atoms with Crippen molar-refractivity contribution in [1.29, 1.82) is 0 Å². The molecule has 1 N–H and O–H groups in total. The minimum atomic E-state index is -0.341. The zero-order chi connectivity index (χ0) is 21.7. The van der Waals surface area contributed by atoms with Crippen LogP contribution in [0.15, 0.2) is 59.0 Å². The summed E-state index contributed by atoms with van der Waals surface area (Å²) in [7, 11) is 0. The highest BCUT2D eigenvalue weighted by molar-refractivity contribution is 7.25. The van der Waals surface area contributed by atoms with Crippen molar-refractivity contribution in [2.45, 2.75) is 6.54 Å². The van der Waals surface area contributed by atoms with Gasteiger partial charge < -0.3 is 14.8 Å². The molecule has 8 nitrogen and oxygen atoms in total. The van der Waals surface area contributed by atoms with Crippen LogP contribution in [0.2, 0.25) is 0 Å². The summed E-state index contributed by atoms with van der Waals surface area (Å²) in [6.07, 6.45) is 1.41. The predicted octanol–water partition coefficient (Wildman–Crippen LogP) is 4.10. The Morgan fingerprint density at radius 1 is 1.16 bits per heavy atom. The Bertz CT molecular complexity index is 1560. The highest BCUT2D eigenvalue weighted by atomic mass is 32.1. The van der Waals surface area contributed by atoms with Crippen LogP contribution in [0.3, 0.4) is 0 Å². The second-order valence-electron chi connectivity index (χ2n) is 7.10. The number of thiophene rings is 2. The molecule has 4 aromatic heterocycles. The van der Waals surface area contributed by atoms with Gasteiger partial charge in [-0.25, -0.2) is 9.97 Å². The molecular weight excluding hydrogens is 448 g/mol. The normalized spacial score (nSPS) is 12.5. The summed E-state index contributed by atoms with van der Waals surface area (Å²) in [6, 6.07) is 13.0. The maximum absolute atomic E-state index is 13.0. The van der Waals surface area contributed by atoms with Crippen LogP contribution in [0.1, 0.15) is 0 Å². The summed E-state index contributed by atoms with van der Waals surface area (Å²) in [4.78, 5) is 36.6. The average molecular weight is 463 g/mol. The van der Waals surface area contributed by atoms with Crippen LogP contribution in [0.4, 0.5) is 5.69 Å². The Morgan fingerprint density at radius 2 is 2.06 bits per heavy atom. The van der Waals surface area contributed by atoms with Gasteiger partial charge in [-0.05, 0) is 35.7 Å². The number of pyridine rings is 1. The topological polar surface area (TPSA) is 95.3 Å². The van der Waals surface area contributed by atoms with Gasteiger partial charge in [-0.3, -0.25) is 14.2 Å². The number of carbonyl (C=O) groups excluding carboxylic acids is 1. The number of nitrogens with one attached hydrogen (secondary N) is 1. The summed E-state index contributed by atoms with van der Waals surface area (Å²) < 4.78 is 12.4. The van der Waals surface area contributed by atoms with Gasteiger partial charge >= 0.3 is 0 Å². The SMILES string of the molecule is O=C(Cn1cnc2c(sc3nc(-c4cccs4)ccc32)c1=O)Nc1ccc2c(c1)OCO2. The molecule has 6 rings (SSSR count). The van der Waals surface area contributed by atoms with Gasteiger partial charge in [-0.1, -0.05) is 6.07 Å². The molecule has 1 aliphatic heterocycles. The van der Waals surface area contributed by atoms with Gasteiger partial charge in [0.15, 0.2) is 11.5 Å². The molecule has 0 saturated heterocycles. The van der Waals surface area contributed by atoms with E-state index in [4.69, 9.17) is 14.5 Å². The van der Waals surface area contributed by atoms with Gasteiger partial charge in [0.25, 0.3) is 5.56 Å². The van der Waals surface area contributed by atoms with Gasteiger partial charge in [0.05, 0.1) is 22.4 Å². The Hall–Kier alpha value is -3.76. The van der Waals surface area contributed by atoms with Crippen LogP contribution in [0.5, 0.6) is 11.5 Å². The van der Waals surface area contributed by atoms with Crippen molar-refractivity contribution in [3.05, 3.63) is 64.5 Å². The van der Waals surface area contributed by atoms with E-state index in [1.54, 1.807) is 29.5 Å². The molecule has 10 heteroatoms. The van der Waals surface area contributed by atoms with E-state index in [0.717, 1.165) is 20.8 Å². The van der Waals surface area contributed by atoms with Crippen molar-refractivity contribution in [2.75, 3.05) is 12.1 Å². The molecule has 1 amide bonds. The van der Waals surface area contributed by atoms with Gasteiger partial charge in [-0.2, -0.15) is 0 Å². The molecule has 0 bridgehead atoms. The second kappa shape index (κ2) is 7.43. The smallest absolute Gasteiger partial charge is 0.271 e. The molecule has 1 aromatic carbocycles. The van der Waals surface area contributed by atoms with E-state index in [9.17, 15) is 9.59 Å². The maximum atomic E-state index is 13.0. The van der Waals surface area contributed by atoms with Crippen LogP contribution in [-0.2, 0) is 11.3 Å². The summed E-state index contributed by atoms with van der Waals surface area (Å²) in [6.45, 7) is 0.00495. The number of anilines is 1. The third kappa shape index (κ3) is 3.20. The number of fused-ring (bicyclic) bond motifs is 4. The highest BCUT2D eigenvalue weighted by Gasteiger charge is 2.17. The number of hydrogen-bond acceptors (Lipinski definition) is 8. The van der Waals surface area contributed by atoms with E-state index in [1.165, 1.54) is 22.2 Å². The Labute approximate surface area is 188 Å². The Morgan fingerprint density at radius 3 is 2.94 bits per heavy atom. The second-order valence-corrected chi connectivity index (χ2v) is 9.05. The molecule has 0 atom stereocenters. The van der Waals surface area contributed by atoms with Crippen LogP contribution in [-0.4, -0.2) is 27.2 Å². The fraction of sp³-hybridized carbons (Fsp3) is 0.0909. The molecular formula is C22H14N4O4S2. The van der Waals surface area contributed by atoms with Crippen molar-refractivity contribution in [3.63, 3.8) is 0 Å². The zero-order valence-electron chi connectivity index (χ0n) is 16.4. The van der Waals surface area contributed by atoms with Crippen molar-refractivity contribution in [3.8, 4) is 22.1 Å². The van der Waals surface area contributed by atoms with Crippen molar-refractivity contribution < 1.29 is 14.3 Å². The molecule has 32 heavy (non-hydrogen) atoms. The first kappa shape index (κ1) is 19.0. The first-order valence-corrected chi connectivity index (χ1v) is 11.4. The number of carbonyl (C=O) groups is 1. The van der Waals surface area contributed by atoms with Gasteiger partial charge in [0.2, 0.25) is 12.7 Å². The number of hydrogen-bond donors (Lipinski definition) is 1. The van der Waals surface area contributed by atoms with Crippen molar-refractivity contribution in [2.24, 2.45) is 0 Å². The molecule has 0 spiro atoms. The fourth-order valence-corrected chi connectivity index (χ4v) is 5.32. The third-order valence-electron chi connectivity index (χ3n) is 5.05. The molecule has 5 heterocycles. The molecule has 5 aromatic rings. The van der Waals surface area contributed by atoms with E-state index in [1.807, 2.05) is 29.6 Å². The third-order valence-corrected chi connectivity index (χ3v) is 7.02. The number of benzene rings is 1. The standard InChI is InChI=1S/C22H14N4O4S2/c27-18(24-12-3-6-15-16(8-12)30-11-29-15)9-26-10-23-19-13-4-5-14(17-2-1-7-31-17)25-21(13)32-20(19)22(26)28/h1-8,10H,9,11H2,(H,24,27). The highest BCUT2D eigenvalue weighted by Crippen LogP contribution is 2.34. The maximum Gasteiger partial charge on any atom is 0.271 e. The molecule has 158 valence electrons. The molecule has 0 aliphatic carbocycles.